The molecule has 0 unspecified atom stereocenters. The number of aromatic nitrogens is 4. The molecule has 0 spiro atoms. The summed E-state index contributed by atoms with van der Waals surface area (Å²) in [5.41, 5.74) is 1.09. The number of benzene rings is 2. The zero-order valence-corrected chi connectivity index (χ0v) is 21.9. The molecule has 0 aliphatic rings. The van der Waals surface area contributed by atoms with E-state index in [2.05, 4.69) is 19.9 Å². The number of hydrogen-bond acceptors (Lipinski definition) is 6. The first-order valence-corrected chi connectivity index (χ1v) is 11.5. The Hall–Kier alpha value is -3.75. The van der Waals surface area contributed by atoms with E-state index in [-0.39, 0.29) is 28.3 Å². The number of halogens is 2. The van der Waals surface area contributed by atoms with E-state index in [1.165, 1.54) is 12.1 Å². The molecule has 37 heavy (non-hydrogen) atoms. The number of nitrogens with zero attached hydrogens (tertiary/aromatic N) is 4. The molecular formula is C28H22Cl2CoN4O2. The quantitative estimate of drug-likeness (QED) is 0.197. The van der Waals surface area contributed by atoms with E-state index in [4.69, 9.17) is 23.2 Å². The molecule has 6 rings (SSSR count). The smallest absolute Gasteiger partial charge is 0.141 e. The number of phenolic OH excluding ortho intramolecular Hbond substituents is 2. The van der Waals surface area contributed by atoms with Gasteiger partial charge in [0, 0.05) is 64.7 Å². The third-order valence-corrected chi connectivity index (χ3v) is 5.18. The van der Waals surface area contributed by atoms with Crippen LogP contribution >= 0.6 is 23.2 Å². The molecule has 2 aromatic carbocycles. The van der Waals surface area contributed by atoms with E-state index in [0.29, 0.717) is 21.1 Å². The molecule has 6 nitrogen and oxygen atoms in total. The summed E-state index contributed by atoms with van der Waals surface area (Å²) in [5.74, 6) is 0.324. The molecule has 0 atom stereocenters. The number of fused-ring (bicyclic) bond motifs is 2. The normalized spacial score (nSPS) is 9.35. The van der Waals surface area contributed by atoms with Crippen molar-refractivity contribution in [3.05, 3.63) is 132 Å². The van der Waals surface area contributed by atoms with Gasteiger partial charge in [-0.05, 0) is 72.8 Å². The summed E-state index contributed by atoms with van der Waals surface area (Å²) < 4.78 is 0. The Morgan fingerprint density at radius 3 is 1.11 bits per heavy atom. The second-order valence-corrected chi connectivity index (χ2v) is 7.80. The zero-order chi connectivity index (χ0) is 25.6. The molecule has 9 heteroatoms. The number of hydrogen-bond donors (Lipinski definition) is 2. The van der Waals surface area contributed by atoms with Gasteiger partial charge in [0.05, 0.1) is 10.0 Å². The van der Waals surface area contributed by atoms with Gasteiger partial charge in [0.1, 0.15) is 22.5 Å². The number of pyridine rings is 4. The molecule has 0 bridgehead atoms. The van der Waals surface area contributed by atoms with E-state index in [0.717, 1.165) is 10.8 Å². The fourth-order valence-electron chi connectivity index (χ4n) is 2.87. The molecule has 0 aliphatic heterocycles. The van der Waals surface area contributed by atoms with Gasteiger partial charge in [-0.1, -0.05) is 35.3 Å². The molecule has 0 saturated heterocycles. The van der Waals surface area contributed by atoms with E-state index in [9.17, 15) is 10.2 Å². The van der Waals surface area contributed by atoms with E-state index in [1.54, 1.807) is 61.4 Å². The maximum atomic E-state index is 9.37. The minimum atomic E-state index is 0. The van der Waals surface area contributed by atoms with Crippen molar-refractivity contribution in [1.82, 2.24) is 19.9 Å². The van der Waals surface area contributed by atoms with Crippen LogP contribution in [0.1, 0.15) is 0 Å². The van der Waals surface area contributed by atoms with Gasteiger partial charge in [0.25, 0.3) is 0 Å². The van der Waals surface area contributed by atoms with Crippen molar-refractivity contribution in [2.45, 2.75) is 0 Å². The SMILES string of the molecule is Oc1ccc(Cl)c2cccnc12.Oc1ccc(Cl)c2cccnc12.[Co].c1ccncc1.c1ccncc1. The van der Waals surface area contributed by atoms with Gasteiger partial charge in [-0.25, -0.2) is 0 Å². The Balaban J connectivity index is 0.000000181. The monoisotopic (exact) mass is 575 g/mol. The predicted molar refractivity (Wildman–Crippen MR) is 145 cm³/mol. The van der Waals surface area contributed by atoms with Crippen LogP contribution in [0.4, 0.5) is 0 Å². The predicted octanol–water partition coefficient (Wildman–Crippen LogP) is 7.35. The summed E-state index contributed by atoms with van der Waals surface area (Å²) in [4.78, 5) is 15.6. The first-order valence-electron chi connectivity index (χ1n) is 10.7. The van der Waals surface area contributed by atoms with Crippen LogP contribution in [0.25, 0.3) is 21.8 Å². The fraction of sp³-hybridized carbons (Fsp3) is 0. The van der Waals surface area contributed by atoms with Gasteiger partial charge in [-0.2, -0.15) is 0 Å². The van der Waals surface area contributed by atoms with Crippen molar-refractivity contribution < 1.29 is 27.0 Å². The molecule has 2 N–H and O–H groups in total. The van der Waals surface area contributed by atoms with Crippen LogP contribution in [-0.2, 0) is 16.8 Å². The Labute approximate surface area is 234 Å². The Kier molecular flexibility index (Phi) is 12.8. The molecule has 4 heterocycles. The number of rotatable bonds is 0. The Morgan fingerprint density at radius 2 is 0.838 bits per heavy atom. The maximum absolute atomic E-state index is 9.37. The van der Waals surface area contributed by atoms with E-state index >= 15 is 0 Å². The first kappa shape index (κ1) is 29.5. The van der Waals surface area contributed by atoms with Crippen LogP contribution in [-0.4, -0.2) is 30.1 Å². The van der Waals surface area contributed by atoms with Crippen molar-refractivity contribution in [1.29, 1.82) is 0 Å². The second kappa shape index (κ2) is 16.1. The van der Waals surface area contributed by atoms with Crippen LogP contribution in [0.5, 0.6) is 11.5 Å². The van der Waals surface area contributed by atoms with Crippen molar-refractivity contribution in [2.24, 2.45) is 0 Å². The molecule has 4 aromatic heterocycles. The van der Waals surface area contributed by atoms with Gasteiger partial charge in [0.15, 0.2) is 0 Å². The van der Waals surface area contributed by atoms with Crippen molar-refractivity contribution in [3.63, 3.8) is 0 Å². The Morgan fingerprint density at radius 1 is 0.459 bits per heavy atom. The van der Waals surface area contributed by atoms with Crippen LogP contribution in [0, 0.1) is 0 Å². The standard InChI is InChI=1S/2C9H6ClNO.2C5H5N.Co/c2*10-7-3-4-8(12)9-6(7)2-1-5-11-9;2*1-2-4-6-5-3-1;/h2*1-5,12H;2*1-5H;. The third-order valence-electron chi connectivity index (χ3n) is 4.52. The van der Waals surface area contributed by atoms with Crippen LogP contribution in [0.3, 0.4) is 0 Å². The fourth-order valence-corrected chi connectivity index (χ4v) is 3.30. The van der Waals surface area contributed by atoms with Gasteiger partial charge in [0.2, 0.25) is 0 Å². The van der Waals surface area contributed by atoms with Crippen LogP contribution in [0.15, 0.2) is 122 Å². The summed E-state index contributed by atoms with van der Waals surface area (Å²) in [5, 5.41) is 21.5. The van der Waals surface area contributed by atoms with Gasteiger partial charge in [-0.3, -0.25) is 19.9 Å². The Bertz CT molecular complexity index is 1250. The number of aromatic hydroxyl groups is 2. The summed E-state index contributed by atoms with van der Waals surface area (Å²) in [7, 11) is 0. The molecule has 0 fully saturated rings. The van der Waals surface area contributed by atoms with Crippen LogP contribution in [0.2, 0.25) is 10.0 Å². The van der Waals surface area contributed by atoms with Crippen molar-refractivity contribution >= 4 is 45.0 Å². The van der Waals surface area contributed by atoms with Gasteiger partial charge in [-0.15, -0.1) is 0 Å². The minimum Gasteiger partial charge on any atom is -0.506 e. The van der Waals surface area contributed by atoms with E-state index in [1.807, 2.05) is 48.5 Å². The summed E-state index contributed by atoms with van der Waals surface area (Å²) in [6.45, 7) is 0. The second-order valence-electron chi connectivity index (χ2n) is 6.98. The molecule has 0 saturated carbocycles. The van der Waals surface area contributed by atoms with Gasteiger partial charge < -0.3 is 10.2 Å². The molecular weight excluding hydrogens is 554 g/mol. The first-order chi connectivity index (χ1) is 17.6. The average Bonchev–Trinajstić information content (AvgIpc) is 2.96. The molecule has 1 radical (unpaired) electrons. The molecule has 189 valence electrons. The van der Waals surface area contributed by atoms with E-state index < -0.39 is 0 Å². The van der Waals surface area contributed by atoms with Gasteiger partial charge >= 0.3 is 0 Å². The maximum Gasteiger partial charge on any atom is 0.141 e. The topological polar surface area (TPSA) is 92.0 Å². The largest absolute Gasteiger partial charge is 0.506 e. The number of phenols is 2. The van der Waals surface area contributed by atoms with Crippen molar-refractivity contribution in [3.8, 4) is 11.5 Å². The molecule has 0 amide bonds. The van der Waals surface area contributed by atoms with Crippen molar-refractivity contribution in [2.75, 3.05) is 0 Å². The zero-order valence-electron chi connectivity index (χ0n) is 19.3. The minimum absolute atomic E-state index is 0. The third kappa shape index (κ3) is 9.32. The molecule has 0 aliphatic carbocycles. The summed E-state index contributed by atoms with van der Waals surface area (Å²) >= 11 is 11.8. The van der Waals surface area contributed by atoms with Crippen LogP contribution < -0.4 is 0 Å². The summed E-state index contributed by atoms with van der Waals surface area (Å²) in [6, 6.07) is 25.0. The molecule has 6 aromatic rings. The summed E-state index contributed by atoms with van der Waals surface area (Å²) in [6.07, 6.45) is 10.2. The average molecular weight is 576 g/mol.